The van der Waals surface area contributed by atoms with Gasteiger partial charge in [-0.15, -0.1) is 0 Å². The molecular formula is C16H22O5. The number of methoxy groups -OCH3 is 1. The maximum Gasteiger partial charge on any atom is 0.359 e. The predicted octanol–water partition coefficient (Wildman–Crippen LogP) is 2.19. The van der Waals surface area contributed by atoms with Gasteiger partial charge in [-0.1, -0.05) is 27.2 Å². The molecule has 0 bridgehead atoms. The maximum atomic E-state index is 12.6. The van der Waals surface area contributed by atoms with Gasteiger partial charge in [0.15, 0.2) is 0 Å². The first-order valence-corrected chi connectivity index (χ1v) is 7.17. The van der Waals surface area contributed by atoms with Gasteiger partial charge in [-0.3, -0.25) is 9.59 Å². The van der Waals surface area contributed by atoms with E-state index in [1.165, 1.54) is 20.1 Å². The van der Waals surface area contributed by atoms with Crippen LogP contribution in [0.4, 0.5) is 0 Å². The third-order valence-corrected chi connectivity index (χ3v) is 4.97. The Hall–Kier alpha value is -1.65. The molecule has 0 aromatic heterocycles. The van der Waals surface area contributed by atoms with Crippen LogP contribution in [0, 0.1) is 10.8 Å². The van der Waals surface area contributed by atoms with E-state index in [1.54, 1.807) is 0 Å². The molecular weight excluding hydrogens is 272 g/mol. The molecule has 2 aliphatic rings. The van der Waals surface area contributed by atoms with E-state index in [0.29, 0.717) is 6.42 Å². The minimum absolute atomic E-state index is 0.210. The van der Waals surface area contributed by atoms with Crippen molar-refractivity contribution in [3.8, 4) is 0 Å². The Kier molecular flexibility index (Phi) is 3.51. The molecule has 0 N–H and O–H groups in total. The molecule has 1 saturated carbocycles. The van der Waals surface area contributed by atoms with Crippen LogP contribution in [0.1, 0.15) is 47.0 Å². The summed E-state index contributed by atoms with van der Waals surface area (Å²) in [6.07, 6.45) is 3.88. The van der Waals surface area contributed by atoms with E-state index in [9.17, 15) is 14.4 Å². The molecule has 21 heavy (non-hydrogen) atoms. The van der Waals surface area contributed by atoms with Crippen molar-refractivity contribution >= 4 is 17.7 Å². The second-order valence-electron chi connectivity index (χ2n) is 6.76. The van der Waals surface area contributed by atoms with Gasteiger partial charge in [-0.2, -0.15) is 0 Å². The second kappa shape index (κ2) is 4.68. The fourth-order valence-electron chi connectivity index (χ4n) is 4.01. The molecule has 2 atom stereocenters. The molecule has 0 radical (unpaired) electrons. The molecule has 2 rings (SSSR count). The van der Waals surface area contributed by atoms with Gasteiger partial charge in [-0.05, 0) is 29.9 Å². The lowest BCUT2D eigenvalue weighted by atomic mass is 9.57. The summed E-state index contributed by atoms with van der Waals surface area (Å²) in [5.41, 5.74) is -2.05. The van der Waals surface area contributed by atoms with Gasteiger partial charge in [0, 0.05) is 12.3 Å². The Balaban J connectivity index is 2.65. The van der Waals surface area contributed by atoms with Crippen molar-refractivity contribution in [3.05, 3.63) is 11.6 Å². The molecule has 0 spiro atoms. The smallest absolute Gasteiger partial charge is 0.359 e. The van der Waals surface area contributed by atoms with Gasteiger partial charge in [-0.25, -0.2) is 4.79 Å². The number of hydrogen-bond acceptors (Lipinski definition) is 5. The molecule has 0 unspecified atom stereocenters. The average molecular weight is 294 g/mol. The van der Waals surface area contributed by atoms with Crippen molar-refractivity contribution in [2.24, 2.45) is 10.8 Å². The number of ether oxygens (including phenoxy) is 2. The normalized spacial score (nSPS) is 34.0. The van der Waals surface area contributed by atoms with E-state index in [4.69, 9.17) is 9.47 Å². The lowest BCUT2D eigenvalue weighted by Gasteiger charge is -2.48. The molecule has 5 heteroatoms. The zero-order valence-corrected chi connectivity index (χ0v) is 13.2. The first kappa shape index (κ1) is 15.7. The molecule has 0 saturated heterocycles. The Morgan fingerprint density at radius 1 is 1.19 bits per heavy atom. The van der Waals surface area contributed by atoms with E-state index < -0.39 is 28.7 Å². The topological polar surface area (TPSA) is 69.7 Å². The summed E-state index contributed by atoms with van der Waals surface area (Å²) in [5.74, 6) is -1.95. The molecule has 0 heterocycles. The number of fused-ring (bicyclic) bond motifs is 1. The van der Waals surface area contributed by atoms with Crippen LogP contribution in [0.15, 0.2) is 11.6 Å². The summed E-state index contributed by atoms with van der Waals surface area (Å²) in [6, 6.07) is 0. The van der Waals surface area contributed by atoms with E-state index in [0.717, 1.165) is 18.4 Å². The fraction of sp³-hybridized carbons (Fsp3) is 0.688. The van der Waals surface area contributed by atoms with Crippen LogP contribution < -0.4 is 0 Å². The average Bonchev–Trinajstić information content (AvgIpc) is 2.60. The van der Waals surface area contributed by atoms with Crippen LogP contribution in [0.2, 0.25) is 0 Å². The summed E-state index contributed by atoms with van der Waals surface area (Å²) < 4.78 is 10.1. The highest BCUT2D eigenvalue weighted by atomic mass is 16.6. The van der Waals surface area contributed by atoms with Gasteiger partial charge in [0.25, 0.3) is 5.60 Å². The lowest BCUT2D eigenvalue weighted by Crippen LogP contribution is -2.60. The molecule has 1 fully saturated rings. The number of ketones is 1. The van der Waals surface area contributed by atoms with Gasteiger partial charge in [0.1, 0.15) is 0 Å². The van der Waals surface area contributed by atoms with E-state index in [-0.39, 0.29) is 5.41 Å². The summed E-state index contributed by atoms with van der Waals surface area (Å²) in [7, 11) is 1.20. The van der Waals surface area contributed by atoms with Crippen molar-refractivity contribution in [1.29, 1.82) is 0 Å². The van der Waals surface area contributed by atoms with E-state index >= 15 is 0 Å². The molecule has 0 aromatic carbocycles. The largest absolute Gasteiger partial charge is 0.466 e. The maximum absolute atomic E-state index is 12.6. The molecule has 116 valence electrons. The number of carbonyl (C=O) groups is 3. The second-order valence-corrected chi connectivity index (χ2v) is 6.76. The quantitative estimate of drug-likeness (QED) is 0.577. The molecule has 0 aromatic rings. The first-order valence-electron chi connectivity index (χ1n) is 7.17. The first-order chi connectivity index (χ1) is 9.61. The van der Waals surface area contributed by atoms with Crippen LogP contribution in [0.5, 0.6) is 0 Å². The third-order valence-electron chi connectivity index (χ3n) is 4.97. The molecule has 2 aliphatic carbocycles. The predicted molar refractivity (Wildman–Crippen MR) is 75.3 cm³/mol. The summed E-state index contributed by atoms with van der Waals surface area (Å²) in [4.78, 5) is 36.6. The van der Waals surface area contributed by atoms with Crippen molar-refractivity contribution in [3.63, 3.8) is 0 Å². The van der Waals surface area contributed by atoms with Crippen LogP contribution >= 0.6 is 0 Å². The standard InChI is InChI=1S/C16H22O5/c1-10(17)21-16(13(19)20-5)12(18)9-11-14(2,3)7-6-8-15(11,16)4/h9H,6-8H2,1-5H3/t15-,16+/m1/s1. The van der Waals surface area contributed by atoms with Crippen LogP contribution in [-0.4, -0.2) is 30.4 Å². The molecule has 0 amide bonds. The van der Waals surface area contributed by atoms with Crippen LogP contribution in [0.25, 0.3) is 0 Å². The van der Waals surface area contributed by atoms with Crippen molar-refractivity contribution in [2.75, 3.05) is 7.11 Å². The Morgan fingerprint density at radius 3 is 2.33 bits per heavy atom. The number of carbonyl (C=O) groups excluding carboxylic acids is 3. The minimum atomic E-state index is -1.87. The van der Waals surface area contributed by atoms with Gasteiger partial charge < -0.3 is 9.47 Å². The Labute approximate surface area is 124 Å². The highest BCUT2D eigenvalue weighted by Gasteiger charge is 2.69. The van der Waals surface area contributed by atoms with Crippen LogP contribution in [0.3, 0.4) is 0 Å². The minimum Gasteiger partial charge on any atom is -0.466 e. The van der Waals surface area contributed by atoms with Crippen molar-refractivity contribution in [2.45, 2.75) is 52.6 Å². The third kappa shape index (κ3) is 1.93. The van der Waals surface area contributed by atoms with Crippen molar-refractivity contribution in [1.82, 2.24) is 0 Å². The number of esters is 2. The lowest BCUT2D eigenvalue weighted by molar-refractivity contribution is -0.194. The van der Waals surface area contributed by atoms with Gasteiger partial charge >= 0.3 is 11.9 Å². The summed E-state index contributed by atoms with van der Waals surface area (Å²) in [6.45, 7) is 7.12. The summed E-state index contributed by atoms with van der Waals surface area (Å²) in [5, 5.41) is 0. The molecule has 0 aliphatic heterocycles. The van der Waals surface area contributed by atoms with Crippen LogP contribution in [-0.2, 0) is 23.9 Å². The monoisotopic (exact) mass is 294 g/mol. The number of hydrogen-bond donors (Lipinski definition) is 0. The zero-order chi connectivity index (χ0) is 16.1. The van der Waals surface area contributed by atoms with Gasteiger partial charge in [0.05, 0.1) is 7.11 Å². The number of rotatable bonds is 2. The highest BCUT2D eigenvalue weighted by molar-refractivity contribution is 6.17. The van der Waals surface area contributed by atoms with E-state index in [2.05, 4.69) is 0 Å². The molecule has 5 nitrogen and oxygen atoms in total. The van der Waals surface area contributed by atoms with Crippen molar-refractivity contribution < 1.29 is 23.9 Å². The zero-order valence-electron chi connectivity index (χ0n) is 13.2. The summed E-state index contributed by atoms with van der Waals surface area (Å²) >= 11 is 0. The Bertz CT molecular complexity index is 545. The Morgan fingerprint density at radius 2 is 1.81 bits per heavy atom. The fourth-order valence-corrected chi connectivity index (χ4v) is 4.01. The van der Waals surface area contributed by atoms with Gasteiger partial charge in [0.2, 0.25) is 5.78 Å². The SMILES string of the molecule is COC(=O)[C@@]1(OC(C)=O)C(=O)C=C2C(C)(C)CCC[C@]21C. The highest BCUT2D eigenvalue weighted by Crippen LogP contribution is 2.60. The van der Waals surface area contributed by atoms with E-state index in [1.807, 2.05) is 20.8 Å².